The lowest BCUT2D eigenvalue weighted by Crippen LogP contribution is -2.11. The van der Waals surface area contributed by atoms with Crippen LogP contribution < -0.4 is 4.90 Å². The number of anilines is 3. The molecule has 0 radical (unpaired) electrons. The second-order valence-electron chi connectivity index (χ2n) is 13.2. The van der Waals surface area contributed by atoms with E-state index in [1.165, 1.54) is 20.2 Å². The highest BCUT2D eigenvalue weighted by molar-refractivity contribution is 7.25. The van der Waals surface area contributed by atoms with Crippen molar-refractivity contribution in [3.8, 4) is 22.3 Å². The average molecular weight is 684 g/mol. The predicted octanol–water partition coefficient (Wildman–Crippen LogP) is 14.7. The van der Waals surface area contributed by atoms with Crippen molar-refractivity contribution in [2.45, 2.75) is 0 Å². The first-order valence-corrected chi connectivity index (χ1v) is 18.3. The van der Waals surface area contributed by atoms with Crippen molar-refractivity contribution in [1.29, 1.82) is 0 Å². The van der Waals surface area contributed by atoms with Crippen molar-refractivity contribution >= 4 is 92.4 Å². The Morgan fingerprint density at radius 1 is 0.385 bits per heavy atom. The molecule has 0 fully saturated rings. The van der Waals surface area contributed by atoms with E-state index >= 15 is 0 Å². The summed E-state index contributed by atoms with van der Waals surface area (Å²) in [5, 5.41) is 6.79. The van der Waals surface area contributed by atoms with Gasteiger partial charge in [0, 0.05) is 42.2 Å². The van der Waals surface area contributed by atoms with E-state index < -0.39 is 0 Å². The van der Waals surface area contributed by atoms with Gasteiger partial charge in [-0.25, -0.2) is 0 Å². The third kappa shape index (κ3) is 4.45. The predicted molar refractivity (Wildman–Crippen MR) is 219 cm³/mol. The average Bonchev–Trinajstić information content (AvgIpc) is 3.90. The Morgan fingerprint density at radius 3 is 1.81 bits per heavy atom. The van der Waals surface area contributed by atoms with E-state index in [1.54, 1.807) is 0 Å². The molecule has 4 heteroatoms. The van der Waals surface area contributed by atoms with Gasteiger partial charge in [-0.05, 0) is 77.4 Å². The van der Waals surface area contributed by atoms with E-state index in [9.17, 15) is 0 Å². The van der Waals surface area contributed by atoms with Gasteiger partial charge >= 0.3 is 0 Å². The second-order valence-corrected chi connectivity index (χ2v) is 14.3. The molecule has 8 aromatic carbocycles. The van der Waals surface area contributed by atoms with Crippen LogP contribution in [-0.2, 0) is 0 Å². The first-order valence-electron chi connectivity index (χ1n) is 17.5. The fourth-order valence-corrected chi connectivity index (χ4v) is 9.00. The van der Waals surface area contributed by atoms with Gasteiger partial charge in [-0.2, -0.15) is 0 Å². The van der Waals surface area contributed by atoms with Crippen LogP contribution in [0.3, 0.4) is 0 Å². The SMILES string of the molecule is c1ccc(-c2cc(N(c3ccc4sc5ccccc5c4c3)c3ccc(-c4ccccc4)c4oc5ccccc5c34)c3c(c2)oc2ccccc23)cc1. The van der Waals surface area contributed by atoms with Gasteiger partial charge in [0.2, 0.25) is 0 Å². The lowest BCUT2D eigenvalue weighted by atomic mass is 9.97. The van der Waals surface area contributed by atoms with Crippen LogP contribution in [0.2, 0.25) is 0 Å². The van der Waals surface area contributed by atoms with Crippen LogP contribution in [0.1, 0.15) is 0 Å². The maximum atomic E-state index is 6.81. The zero-order valence-corrected chi connectivity index (χ0v) is 28.7. The number of rotatable bonds is 5. The normalized spacial score (nSPS) is 11.8. The quantitative estimate of drug-likeness (QED) is 0.181. The van der Waals surface area contributed by atoms with Crippen molar-refractivity contribution in [2.24, 2.45) is 0 Å². The van der Waals surface area contributed by atoms with Crippen molar-refractivity contribution in [3.63, 3.8) is 0 Å². The number of hydrogen-bond acceptors (Lipinski definition) is 4. The highest BCUT2D eigenvalue weighted by Gasteiger charge is 2.26. The summed E-state index contributed by atoms with van der Waals surface area (Å²) >= 11 is 1.84. The molecule has 0 amide bonds. The first kappa shape index (κ1) is 29.1. The minimum Gasteiger partial charge on any atom is -0.456 e. The maximum absolute atomic E-state index is 6.81. The number of nitrogens with zero attached hydrogens (tertiary/aromatic N) is 1. The van der Waals surface area contributed by atoms with Crippen LogP contribution in [-0.4, -0.2) is 0 Å². The standard InChI is InChI=1S/C48H29NO2S/c1-3-13-30(14-4-1)32-27-40(46-36-18-7-10-20-41(36)50-43(46)28-32)49(33-23-26-45-38(29-33)35-17-9-12-22-44(35)52-45)39-25-24-34(31-15-5-2-6-16-31)48-47(39)37-19-8-11-21-42(37)51-48/h1-29H. The molecule has 0 saturated carbocycles. The summed E-state index contributed by atoms with van der Waals surface area (Å²) < 4.78 is 16.0. The molecule has 0 aliphatic heterocycles. The lowest BCUT2D eigenvalue weighted by molar-refractivity contribution is 0.669. The molecular weight excluding hydrogens is 655 g/mol. The van der Waals surface area contributed by atoms with Crippen LogP contribution in [0.15, 0.2) is 185 Å². The Bertz CT molecular complexity index is 3130. The Kier molecular flexibility index (Phi) is 6.42. The molecule has 0 spiro atoms. The monoisotopic (exact) mass is 683 g/mol. The summed E-state index contributed by atoms with van der Waals surface area (Å²) in [4.78, 5) is 2.43. The maximum Gasteiger partial charge on any atom is 0.145 e. The number of fused-ring (bicyclic) bond motifs is 9. The smallest absolute Gasteiger partial charge is 0.145 e. The molecule has 0 unspecified atom stereocenters. The van der Waals surface area contributed by atoms with E-state index in [4.69, 9.17) is 8.83 Å². The summed E-state index contributed by atoms with van der Waals surface area (Å²) in [5.41, 5.74) is 11.0. The van der Waals surface area contributed by atoms with Crippen LogP contribution >= 0.6 is 11.3 Å². The van der Waals surface area contributed by atoms with E-state index in [0.717, 1.165) is 83.2 Å². The highest BCUT2D eigenvalue weighted by Crippen LogP contribution is 2.50. The van der Waals surface area contributed by atoms with Crippen molar-refractivity contribution < 1.29 is 8.83 Å². The summed E-state index contributed by atoms with van der Waals surface area (Å²) in [6.45, 7) is 0. The first-order chi connectivity index (χ1) is 25.8. The van der Waals surface area contributed by atoms with E-state index in [-0.39, 0.29) is 0 Å². The Balaban J connectivity index is 1.30. The molecule has 3 nitrogen and oxygen atoms in total. The number of furan rings is 2. The van der Waals surface area contributed by atoms with Gasteiger partial charge in [-0.3, -0.25) is 0 Å². The Labute approximate surface area is 303 Å². The number of para-hydroxylation sites is 2. The third-order valence-electron chi connectivity index (χ3n) is 10.3. The molecule has 0 N–H and O–H groups in total. The molecule has 52 heavy (non-hydrogen) atoms. The molecule has 0 atom stereocenters. The third-order valence-corrected chi connectivity index (χ3v) is 11.4. The van der Waals surface area contributed by atoms with Gasteiger partial charge < -0.3 is 13.7 Å². The molecule has 3 heterocycles. The van der Waals surface area contributed by atoms with Crippen LogP contribution in [0, 0.1) is 0 Å². The highest BCUT2D eigenvalue weighted by atomic mass is 32.1. The van der Waals surface area contributed by atoms with Crippen LogP contribution in [0.4, 0.5) is 17.1 Å². The second kappa shape index (κ2) is 11.5. The molecule has 3 aromatic heterocycles. The zero-order valence-electron chi connectivity index (χ0n) is 27.9. The van der Waals surface area contributed by atoms with Gasteiger partial charge in [0.25, 0.3) is 0 Å². The summed E-state index contributed by atoms with van der Waals surface area (Å²) in [5.74, 6) is 0. The molecule has 0 saturated heterocycles. The molecule has 0 bridgehead atoms. The number of thiophene rings is 1. The van der Waals surface area contributed by atoms with E-state index in [0.29, 0.717) is 0 Å². The Morgan fingerprint density at radius 2 is 1.02 bits per heavy atom. The molecule has 244 valence electrons. The molecule has 0 aliphatic rings. The zero-order chi connectivity index (χ0) is 34.2. The lowest BCUT2D eigenvalue weighted by Gasteiger charge is -2.28. The largest absolute Gasteiger partial charge is 0.456 e. The van der Waals surface area contributed by atoms with E-state index in [2.05, 4.69) is 169 Å². The minimum atomic E-state index is 0.846. The van der Waals surface area contributed by atoms with Gasteiger partial charge in [-0.15, -0.1) is 11.3 Å². The summed E-state index contributed by atoms with van der Waals surface area (Å²) in [6.07, 6.45) is 0. The van der Waals surface area contributed by atoms with Crippen LogP contribution in [0.25, 0.3) is 86.3 Å². The number of benzene rings is 8. The van der Waals surface area contributed by atoms with Crippen molar-refractivity contribution in [2.75, 3.05) is 4.90 Å². The Hall–Kier alpha value is -6.62. The van der Waals surface area contributed by atoms with Crippen LogP contribution in [0.5, 0.6) is 0 Å². The van der Waals surface area contributed by atoms with Crippen molar-refractivity contribution in [1.82, 2.24) is 0 Å². The van der Waals surface area contributed by atoms with E-state index in [1.807, 2.05) is 23.5 Å². The van der Waals surface area contributed by atoms with Gasteiger partial charge in [-0.1, -0.05) is 115 Å². The summed E-state index contributed by atoms with van der Waals surface area (Å²) in [7, 11) is 0. The molecule has 11 rings (SSSR count). The molecular formula is C48H29NO2S. The fraction of sp³-hybridized carbons (Fsp3) is 0. The molecule has 11 aromatic rings. The molecule has 0 aliphatic carbocycles. The minimum absolute atomic E-state index is 0.846. The van der Waals surface area contributed by atoms with Crippen molar-refractivity contribution in [3.05, 3.63) is 176 Å². The number of hydrogen-bond donors (Lipinski definition) is 0. The fourth-order valence-electron chi connectivity index (χ4n) is 7.91. The summed E-state index contributed by atoms with van der Waals surface area (Å²) in [6, 6.07) is 62.4. The topological polar surface area (TPSA) is 29.5 Å². The van der Waals surface area contributed by atoms with Gasteiger partial charge in [0.1, 0.15) is 22.3 Å². The van der Waals surface area contributed by atoms with Gasteiger partial charge in [0.15, 0.2) is 0 Å². The van der Waals surface area contributed by atoms with Gasteiger partial charge in [0.05, 0.1) is 22.1 Å².